The molecular weight excluding hydrogens is 396 g/mol. The smallest absolute Gasteiger partial charge is 0.227 e. The summed E-state index contributed by atoms with van der Waals surface area (Å²) in [6.07, 6.45) is 9.87. The first-order chi connectivity index (χ1) is 15.3. The molecule has 11 heteroatoms. The van der Waals surface area contributed by atoms with Crippen LogP contribution in [0.1, 0.15) is 12.8 Å². The lowest BCUT2D eigenvalue weighted by Crippen LogP contribution is -2.38. The average Bonchev–Trinajstić information content (AvgIpc) is 3.54. The molecule has 0 bridgehead atoms. The van der Waals surface area contributed by atoms with Gasteiger partial charge >= 0.3 is 0 Å². The van der Waals surface area contributed by atoms with Crippen LogP contribution in [0.5, 0.6) is 0 Å². The Morgan fingerprint density at radius 2 is 1.84 bits per heavy atom. The third kappa shape index (κ3) is 4.10. The van der Waals surface area contributed by atoms with Gasteiger partial charge in [-0.25, -0.2) is 19.6 Å². The van der Waals surface area contributed by atoms with Crippen molar-refractivity contribution in [2.75, 3.05) is 23.3 Å². The van der Waals surface area contributed by atoms with Gasteiger partial charge in [0.05, 0.1) is 5.69 Å². The number of piperidine rings is 1. The normalized spacial score (nSPS) is 14.5. The first-order valence-electron chi connectivity index (χ1n) is 9.96. The molecule has 0 radical (unpaired) electrons. The van der Waals surface area contributed by atoms with Gasteiger partial charge in [0.1, 0.15) is 30.6 Å². The summed E-state index contributed by atoms with van der Waals surface area (Å²) in [5.41, 5.74) is 1.58. The molecule has 11 nitrogen and oxygen atoms in total. The molecule has 1 N–H and O–H groups in total. The van der Waals surface area contributed by atoms with Gasteiger partial charge in [-0.05, 0) is 47.5 Å². The maximum atomic E-state index is 12.7. The van der Waals surface area contributed by atoms with Gasteiger partial charge in [0.15, 0.2) is 0 Å². The molecule has 156 valence electrons. The van der Waals surface area contributed by atoms with Crippen molar-refractivity contribution in [3.05, 3.63) is 61.7 Å². The van der Waals surface area contributed by atoms with E-state index in [0.717, 1.165) is 48.9 Å². The van der Waals surface area contributed by atoms with Crippen LogP contribution in [0.25, 0.3) is 11.5 Å². The summed E-state index contributed by atoms with van der Waals surface area (Å²) in [6, 6.07) is 9.36. The number of amides is 1. The Labute approximate surface area is 177 Å². The predicted octanol–water partition coefficient (Wildman–Crippen LogP) is 1.49. The zero-order valence-electron chi connectivity index (χ0n) is 16.6. The van der Waals surface area contributed by atoms with Crippen LogP contribution >= 0.6 is 0 Å². The van der Waals surface area contributed by atoms with Crippen LogP contribution in [0.4, 0.5) is 11.5 Å². The second-order valence-corrected chi connectivity index (χ2v) is 7.26. The Kier molecular flexibility index (Phi) is 5.05. The van der Waals surface area contributed by atoms with Crippen molar-refractivity contribution >= 4 is 17.4 Å². The molecule has 3 aromatic heterocycles. The highest BCUT2D eigenvalue weighted by Crippen LogP contribution is 2.24. The van der Waals surface area contributed by atoms with Gasteiger partial charge in [-0.15, -0.1) is 5.10 Å². The van der Waals surface area contributed by atoms with E-state index >= 15 is 0 Å². The first-order valence-corrected chi connectivity index (χ1v) is 9.96. The molecule has 0 unspecified atom stereocenters. The summed E-state index contributed by atoms with van der Waals surface area (Å²) in [6.45, 7) is 1.52. The number of anilines is 2. The van der Waals surface area contributed by atoms with E-state index in [9.17, 15) is 4.79 Å². The molecule has 31 heavy (non-hydrogen) atoms. The zero-order chi connectivity index (χ0) is 21.0. The molecule has 4 aromatic rings. The highest BCUT2D eigenvalue weighted by molar-refractivity contribution is 5.92. The van der Waals surface area contributed by atoms with E-state index in [1.807, 2.05) is 41.1 Å². The fourth-order valence-electron chi connectivity index (χ4n) is 3.64. The number of tetrazole rings is 1. The minimum atomic E-state index is -0.0367. The molecule has 0 spiro atoms. The molecule has 0 atom stereocenters. The summed E-state index contributed by atoms with van der Waals surface area (Å²) in [5.74, 6) is 1.63. The van der Waals surface area contributed by atoms with E-state index in [2.05, 4.69) is 40.7 Å². The Hall–Kier alpha value is -4.15. The van der Waals surface area contributed by atoms with Crippen molar-refractivity contribution in [2.24, 2.45) is 5.92 Å². The first kappa shape index (κ1) is 18.9. The van der Waals surface area contributed by atoms with Crippen LogP contribution < -0.4 is 10.2 Å². The zero-order valence-corrected chi connectivity index (χ0v) is 16.6. The van der Waals surface area contributed by atoms with Crippen molar-refractivity contribution < 1.29 is 4.79 Å². The number of hydrogen-bond donors (Lipinski definition) is 1. The van der Waals surface area contributed by atoms with E-state index in [1.165, 1.54) is 6.33 Å². The number of aromatic nitrogens is 8. The van der Waals surface area contributed by atoms with E-state index < -0.39 is 0 Å². The van der Waals surface area contributed by atoms with Crippen molar-refractivity contribution in [3.8, 4) is 11.5 Å². The van der Waals surface area contributed by atoms with Crippen LogP contribution in [0, 0.1) is 5.92 Å². The molecule has 0 aliphatic carbocycles. The lowest BCUT2D eigenvalue weighted by atomic mass is 9.96. The van der Waals surface area contributed by atoms with Gasteiger partial charge in [-0.2, -0.15) is 0 Å². The largest absolute Gasteiger partial charge is 0.356 e. The Balaban J connectivity index is 1.18. The van der Waals surface area contributed by atoms with Gasteiger partial charge < -0.3 is 10.2 Å². The second-order valence-electron chi connectivity index (χ2n) is 7.26. The molecule has 1 aliphatic heterocycles. The fraction of sp³-hybridized carbons (Fsp3) is 0.250. The van der Waals surface area contributed by atoms with Crippen LogP contribution in [0.2, 0.25) is 0 Å². The number of imidazole rings is 1. The van der Waals surface area contributed by atoms with Crippen LogP contribution in [-0.4, -0.2) is 58.7 Å². The minimum Gasteiger partial charge on any atom is -0.356 e. The fourth-order valence-corrected chi connectivity index (χ4v) is 3.64. The highest BCUT2D eigenvalue weighted by atomic mass is 16.1. The lowest BCUT2D eigenvalue weighted by Gasteiger charge is -2.32. The van der Waals surface area contributed by atoms with Gasteiger partial charge in [-0.1, -0.05) is 0 Å². The minimum absolute atomic E-state index is 0.0367. The van der Waals surface area contributed by atoms with E-state index in [0.29, 0.717) is 0 Å². The number of hydrogen-bond acceptors (Lipinski definition) is 8. The monoisotopic (exact) mass is 416 g/mol. The highest BCUT2D eigenvalue weighted by Gasteiger charge is 2.26. The van der Waals surface area contributed by atoms with Crippen molar-refractivity contribution in [1.82, 2.24) is 39.7 Å². The van der Waals surface area contributed by atoms with E-state index in [-0.39, 0.29) is 11.8 Å². The number of nitrogens with zero attached hydrogens (tertiary/aromatic N) is 9. The Morgan fingerprint density at radius 3 is 2.55 bits per heavy atom. The Bertz CT molecular complexity index is 1130. The van der Waals surface area contributed by atoms with Crippen LogP contribution in [0.3, 0.4) is 0 Å². The van der Waals surface area contributed by atoms with E-state index in [1.54, 1.807) is 23.5 Å². The summed E-state index contributed by atoms with van der Waals surface area (Å²) < 4.78 is 3.41. The number of rotatable bonds is 5. The SMILES string of the molecule is O=C(Nc1ccc(-n2cnnn2)cc1)C1CCN(c2cc(-n3ccnc3)ncn2)CC1. The summed E-state index contributed by atoms with van der Waals surface area (Å²) in [5, 5.41) is 14.1. The standard InChI is InChI=1S/C20H20N10O/c31-20(25-16-1-3-17(4-2-16)30-14-24-26-27-30)15-5-8-28(9-6-15)18-11-19(23-12-22-18)29-10-7-21-13-29/h1-4,7,10-15H,5-6,8-9H2,(H,25,31). The number of carbonyl (C=O) groups is 1. The molecule has 1 fully saturated rings. The predicted molar refractivity (Wildman–Crippen MR) is 112 cm³/mol. The van der Waals surface area contributed by atoms with Crippen molar-refractivity contribution in [1.29, 1.82) is 0 Å². The average molecular weight is 416 g/mol. The number of carbonyl (C=O) groups excluding carboxylic acids is 1. The van der Waals surface area contributed by atoms with Crippen molar-refractivity contribution in [3.63, 3.8) is 0 Å². The Morgan fingerprint density at radius 1 is 1.03 bits per heavy atom. The number of nitrogens with one attached hydrogen (secondary N) is 1. The van der Waals surface area contributed by atoms with Gasteiger partial charge in [0.25, 0.3) is 0 Å². The van der Waals surface area contributed by atoms with Crippen LogP contribution in [0.15, 0.2) is 61.7 Å². The molecule has 1 saturated heterocycles. The van der Waals surface area contributed by atoms with Gasteiger partial charge in [0.2, 0.25) is 5.91 Å². The van der Waals surface area contributed by atoms with Crippen LogP contribution in [-0.2, 0) is 4.79 Å². The molecular formula is C20H20N10O. The molecule has 1 amide bonds. The number of benzene rings is 1. The maximum absolute atomic E-state index is 12.7. The molecule has 1 aliphatic rings. The summed E-state index contributed by atoms with van der Waals surface area (Å²) >= 11 is 0. The summed E-state index contributed by atoms with van der Waals surface area (Å²) in [7, 11) is 0. The molecule has 5 rings (SSSR count). The topological polar surface area (TPSA) is 120 Å². The van der Waals surface area contributed by atoms with Crippen molar-refractivity contribution in [2.45, 2.75) is 12.8 Å². The second kappa shape index (κ2) is 8.30. The third-order valence-electron chi connectivity index (χ3n) is 5.35. The van der Waals surface area contributed by atoms with Gasteiger partial charge in [0, 0.05) is 43.2 Å². The maximum Gasteiger partial charge on any atom is 0.227 e. The quantitative estimate of drug-likeness (QED) is 0.520. The third-order valence-corrected chi connectivity index (χ3v) is 5.35. The van der Waals surface area contributed by atoms with E-state index in [4.69, 9.17) is 0 Å². The molecule has 0 saturated carbocycles. The lowest BCUT2D eigenvalue weighted by molar-refractivity contribution is -0.120. The molecule has 4 heterocycles. The summed E-state index contributed by atoms with van der Waals surface area (Å²) in [4.78, 5) is 27.7. The molecule has 1 aromatic carbocycles. The van der Waals surface area contributed by atoms with Gasteiger partial charge in [-0.3, -0.25) is 9.36 Å².